The minimum Gasteiger partial charge on any atom is -0.338 e. The number of rotatable bonds is 4. The molecule has 172 valence electrons. The van der Waals surface area contributed by atoms with Crippen LogP contribution in [0.1, 0.15) is 16.7 Å². The van der Waals surface area contributed by atoms with E-state index < -0.39 is 0 Å². The number of aromatic amines is 1. The molecule has 0 aliphatic carbocycles. The van der Waals surface area contributed by atoms with Crippen molar-refractivity contribution < 1.29 is 4.79 Å². The maximum absolute atomic E-state index is 13.7. The van der Waals surface area contributed by atoms with Gasteiger partial charge in [0.05, 0.1) is 28.2 Å². The highest BCUT2D eigenvalue weighted by Crippen LogP contribution is 2.37. The van der Waals surface area contributed by atoms with Crippen LogP contribution < -0.4 is 4.90 Å². The maximum atomic E-state index is 13.7. The lowest BCUT2D eigenvalue weighted by Gasteiger charge is -2.25. The number of hydrogen-bond acceptors (Lipinski definition) is 4. The Bertz CT molecular complexity index is 1510. The van der Waals surface area contributed by atoms with Crippen molar-refractivity contribution in [3.8, 4) is 11.4 Å². The van der Waals surface area contributed by atoms with Crippen LogP contribution in [0.4, 0.5) is 11.4 Å². The number of nitrogens with one attached hydrogen (secondary N) is 1. The Balaban J connectivity index is 1.32. The molecule has 0 radical (unpaired) electrons. The highest BCUT2D eigenvalue weighted by molar-refractivity contribution is 8.00. The third kappa shape index (κ3) is 4.10. The predicted octanol–water partition coefficient (Wildman–Crippen LogP) is 6.49. The predicted molar refractivity (Wildman–Crippen MR) is 142 cm³/mol. The van der Waals surface area contributed by atoms with Gasteiger partial charge in [0.25, 0.3) is 0 Å². The number of aryl methyl sites for hydroxylation is 3. The third-order valence-corrected chi connectivity index (χ3v) is 7.36. The number of amides is 1. The van der Waals surface area contributed by atoms with E-state index >= 15 is 0 Å². The van der Waals surface area contributed by atoms with E-state index in [2.05, 4.69) is 41.2 Å². The van der Waals surface area contributed by atoms with Crippen molar-refractivity contribution in [2.45, 2.75) is 24.8 Å². The Morgan fingerprint density at radius 3 is 2.40 bits per heavy atom. The Morgan fingerprint density at radius 2 is 1.66 bits per heavy atom. The number of nitrogens with zero attached hydrogens (tertiary/aromatic N) is 3. The molecule has 1 N–H and O–H groups in total. The molecule has 1 aliphatic heterocycles. The summed E-state index contributed by atoms with van der Waals surface area (Å²) in [5, 5.41) is 0.785. The molecule has 6 rings (SSSR count). The minimum atomic E-state index is 0.0358. The first-order chi connectivity index (χ1) is 17.2. The number of benzene rings is 3. The minimum absolute atomic E-state index is 0.0358. The molecule has 5 aromatic rings. The van der Waals surface area contributed by atoms with E-state index in [1.54, 1.807) is 6.20 Å². The number of fused-ring (bicyclic) bond motifs is 3. The van der Waals surface area contributed by atoms with Crippen LogP contribution in [0.25, 0.3) is 22.4 Å². The Kier molecular flexibility index (Phi) is 5.58. The molecule has 3 heterocycles. The summed E-state index contributed by atoms with van der Waals surface area (Å²) in [6.45, 7) is 2.07. The molecule has 0 saturated heterocycles. The van der Waals surface area contributed by atoms with Gasteiger partial charge in [-0.3, -0.25) is 9.69 Å². The number of pyridine rings is 1. The van der Waals surface area contributed by atoms with Gasteiger partial charge in [0, 0.05) is 11.8 Å². The summed E-state index contributed by atoms with van der Waals surface area (Å²) in [6.07, 6.45) is 3.60. The molecule has 0 fully saturated rings. The van der Waals surface area contributed by atoms with Gasteiger partial charge in [0.2, 0.25) is 5.91 Å². The number of anilines is 2. The van der Waals surface area contributed by atoms with Crippen LogP contribution in [0.15, 0.2) is 90.1 Å². The summed E-state index contributed by atoms with van der Waals surface area (Å²) in [7, 11) is 0. The fraction of sp³-hybridized carbons (Fsp3) is 0.138. The van der Waals surface area contributed by atoms with Crippen molar-refractivity contribution >= 4 is 40.1 Å². The van der Waals surface area contributed by atoms with E-state index in [0.717, 1.165) is 51.7 Å². The van der Waals surface area contributed by atoms with Gasteiger partial charge >= 0.3 is 0 Å². The Labute approximate surface area is 208 Å². The molecule has 35 heavy (non-hydrogen) atoms. The number of carbonyl (C=O) groups excluding carboxylic acids is 1. The zero-order valence-electron chi connectivity index (χ0n) is 19.4. The summed E-state index contributed by atoms with van der Waals surface area (Å²) in [4.78, 5) is 28.4. The van der Waals surface area contributed by atoms with Crippen molar-refractivity contribution in [1.29, 1.82) is 0 Å². The lowest BCUT2D eigenvalue weighted by molar-refractivity contribution is -0.115. The van der Waals surface area contributed by atoms with Crippen molar-refractivity contribution in [2.24, 2.45) is 0 Å². The number of H-pyrrole nitrogens is 1. The molecule has 0 atom stereocenters. The smallest absolute Gasteiger partial charge is 0.241 e. The van der Waals surface area contributed by atoms with Gasteiger partial charge in [-0.1, -0.05) is 54.2 Å². The number of imidazole rings is 1. The zero-order valence-corrected chi connectivity index (χ0v) is 20.2. The van der Waals surface area contributed by atoms with Crippen LogP contribution in [0.3, 0.4) is 0 Å². The maximum Gasteiger partial charge on any atom is 0.241 e. The molecular weight excluding hydrogens is 452 g/mol. The topological polar surface area (TPSA) is 61.9 Å². The standard InChI is InChI=1S/C29H24N4OS/c1-19-12-15-23-24(17-19)32-28(31-23)22-9-6-16-30-29(22)35-18-27(34)33-25-10-4-2-7-20(25)13-14-21-8-3-5-11-26(21)33/h2-12,15-17H,13-14,18H2,1H3,(H,31,32). The summed E-state index contributed by atoms with van der Waals surface area (Å²) in [6, 6.07) is 26.5. The summed E-state index contributed by atoms with van der Waals surface area (Å²) in [5.74, 6) is 1.07. The molecule has 1 aliphatic rings. The number of thioether (sulfide) groups is 1. The summed E-state index contributed by atoms with van der Waals surface area (Å²) in [5.41, 5.74) is 8.31. The average molecular weight is 477 g/mol. The quantitative estimate of drug-likeness (QED) is 0.301. The van der Waals surface area contributed by atoms with E-state index in [0.29, 0.717) is 0 Å². The van der Waals surface area contributed by atoms with Gasteiger partial charge in [-0.25, -0.2) is 9.97 Å². The van der Waals surface area contributed by atoms with Gasteiger partial charge in [0.15, 0.2) is 0 Å². The Morgan fingerprint density at radius 1 is 0.943 bits per heavy atom. The van der Waals surface area contributed by atoms with Crippen LogP contribution in [-0.4, -0.2) is 26.6 Å². The molecule has 2 aromatic heterocycles. The second-order valence-corrected chi connectivity index (χ2v) is 9.70. The lowest BCUT2D eigenvalue weighted by atomic mass is 10.0. The van der Waals surface area contributed by atoms with E-state index in [1.165, 1.54) is 28.5 Å². The highest BCUT2D eigenvalue weighted by atomic mass is 32.2. The van der Waals surface area contributed by atoms with E-state index in [4.69, 9.17) is 4.98 Å². The van der Waals surface area contributed by atoms with Gasteiger partial charge < -0.3 is 4.98 Å². The van der Waals surface area contributed by atoms with E-state index in [9.17, 15) is 4.79 Å². The molecular formula is C29H24N4OS. The first-order valence-electron chi connectivity index (χ1n) is 11.7. The largest absolute Gasteiger partial charge is 0.338 e. The number of para-hydroxylation sites is 2. The van der Waals surface area contributed by atoms with Gasteiger partial charge in [-0.15, -0.1) is 0 Å². The Hall–Kier alpha value is -3.90. The van der Waals surface area contributed by atoms with Crippen LogP contribution in [0, 0.1) is 6.92 Å². The van der Waals surface area contributed by atoms with Crippen LogP contribution in [0.5, 0.6) is 0 Å². The van der Waals surface area contributed by atoms with E-state index in [1.807, 2.05) is 59.5 Å². The second-order valence-electron chi connectivity index (χ2n) is 8.74. The molecule has 0 saturated carbocycles. The molecule has 1 amide bonds. The SMILES string of the molecule is Cc1ccc2nc(-c3cccnc3SCC(=O)N3c4ccccc4CCc4ccccc43)[nH]c2c1. The van der Waals surface area contributed by atoms with Crippen molar-refractivity contribution in [1.82, 2.24) is 15.0 Å². The van der Waals surface area contributed by atoms with Crippen LogP contribution in [0.2, 0.25) is 0 Å². The number of aromatic nitrogens is 3. The van der Waals surface area contributed by atoms with Gasteiger partial charge in [-0.2, -0.15) is 0 Å². The lowest BCUT2D eigenvalue weighted by Crippen LogP contribution is -2.28. The fourth-order valence-electron chi connectivity index (χ4n) is 4.68. The first-order valence-corrected chi connectivity index (χ1v) is 12.7. The average Bonchev–Trinajstić information content (AvgIpc) is 3.22. The fourth-order valence-corrected chi connectivity index (χ4v) is 5.53. The number of carbonyl (C=O) groups is 1. The van der Waals surface area contributed by atoms with Crippen molar-refractivity contribution in [2.75, 3.05) is 10.7 Å². The van der Waals surface area contributed by atoms with Gasteiger partial charge in [-0.05, 0) is 72.9 Å². The molecule has 0 bridgehead atoms. The molecule has 6 heteroatoms. The van der Waals surface area contributed by atoms with Crippen molar-refractivity contribution in [3.63, 3.8) is 0 Å². The molecule has 0 unspecified atom stereocenters. The molecule has 5 nitrogen and oxygen atoms in total. The second kappa shape index (κ2) is 9.04. The third-order valence-electron chi connectivity index (χ3n) is 6.37. The molecule has 3 aromatic carbocycles. The van der Waals surface area contributed by atoms with Crippen LogP contribution >= 0.6 is 11.8 Å². The first kappa shape index (κ1) is 21.6. The van der Waals surface area contributed by atoms with E-state index in [-0.39, 0.29) is 11.7 Å². The monoisotopic (exact) mass is 476 g/mol. The summed E-state index contributed by atoms with van der Waals surface area (Å²) >= 11 is 1.45. The molecule has 0 spiro atoms. The van der Waals surface area contributed by atoms with Crippen molar-refractivity contribution in [3.05, 3.63) is 102 Å². The summed E-state index contributed by atoms with van der Waals surface area (Å²) < 4.78 is 0. The van der Waals surface area contributed by atoms with Crippen LogP contribution in [-0.2, 0) is 17.6 Å². The highest BCUT2D eigenvalue weighted by Gasteiger charge is 2.26. The number of hydrogen-bond donors (Lipinski definition) is 1. The normalized spacial score (nSPS) is 12.8. The zero-order chi connectivity index (χ0) is 23.8. The van der Waals surface area contributed by atoms with Gasteiger partial charge in [0.1, 0.15) is 10.9 Å².